The van der Waals surface area contributed by atoms with Crippen molar-refractivity contribution in [2.45, 2.75) is 27.7 Å². The van der Waals surface area contributed by atoms with E-state index in [2.05, 4.69) is 11.4 Å². The number of carbonyl (C=O) groups excluding carboxylic acids is 1. The quantitative estimate of drug-likeness (QED) is 0.755. The summed E-state index contributed by atoms with van der Waals surface area (Å²) in [6.07, 6.45) is 0. The Labute approximate surface area is 142 Å². The number of anilines is 1. The van der Waals surface area contributed by atoms with Gasteiger partial charge in [0.05, 0.1) is 5.41 Å². The number of hydrogen-bond acceptors (Lipinski definition) is 2. The second-order valence-corrected chi connectivity index (χ2v) is 6.63. The summed E-state index contributed by atoms with van der Waals surface area (Å²) in [5.41, 5.74) is 2.35. The van der Waals surface area contributed by atoms with Gasteiger partial charge in [0, 0.05) is 11.6 Å². The zero-order chi connectivity index (χ0) is 17.0. The summed E-state index contributed by atoms with van der Waals surface area (Å²) in [6.45, 7) is 7.67. The lowest BCUT2D eigenvalue weighted by Gasteiger charge is -2.20. The molecule has 2 aromatic rings. The lowest BCUT2D eigenvalue weighted by Crippen LogP contribution is -2.32. The summed E-state index contributed by atoms with van der Waals surface area (Å²) in [5, 5.41) is 2.87. The molecule has 0 saturated carbocycles. The van der Waals surface area contributed by atoms with Crippen LogP contribution in [0.15, 0.2) is 42.5 Å². The third-order valence-electron chi connectivity index (χ3n) is 3.63. The van der Waals surface area contributed by atoms with Crippen molar-refractivity contribution in [3.8, 4) is 11.5 Å². The molecule has 0 aliphatic carbocycles. The highest BCUT2D eigenvalue weighted by molar-refractivity contribution is 6.20. The Morgan fingerprint density at radius 1 is 1.13 bits per heavy atom. The maximum atomic E-state index is 12.1. The van der Waals surface area contributed by atoms with Crippen molar-refractivity contribution in [2.75, 3.05) is 11.2 Å². The molecule has 2 rings (SSSR count). The van der Waals surface area contributed by atoms with Crippen LogP contribution in [0.5, 0.6) is 11.5 Å². The van der Waals surface area contributed by atoms with Crippen molar-refractivity contribution < 1.29 is 9.53 Å². The lowest BCUT2D eigenvalue weighted by molar-refractivity contribution is -0.122. The first kappa shape index (κ1) is 17.4. The summed E-state index contributed by atoms with van der Waals surface area (Å²) in [7, 11) is 0. The van der Waals surface area contributed by atoms with Crippen molar-refractivity contribution in [3.63, 3.8) is 0 Å². The predicted octanol–water partition coefficient (Wildman–Crippen LogP) is 5.30. The van der Waals surface area contributed by atoms with Gasteiger partial charge in [-0.15, -0.1) is 11.6 Å². The number of nitrogens with one attached hydrogen (secondary N) is 1. The summed E-state index contributed by atoms with van der Waals surface area (Å²) in [4.78, 5) is 12.1. The lowest BCUT2D eigenvalue weighted by atomic mass is 9.95. The van der Waals surface area contributed by atoms with Crippen LogP contribution in [-0.4, -0.2) is 11.8 Å². The number of aryl methyl sites for hydroxylation is 2. The molecule has 1 N–H and O–H groups in total. The van der Waals surface area contributed by atoms with E-state index in [1.165, 1.54) is 0 Å². The average Bonchev–Trinajstić information content (AvgIpc) is 2.52. The smallest absolute Gasteiger partial charge is 0.231 e. The highest BCUT2D eigenvalue weighted by Gasteiger charge is 2.26. The molecule has 2 aromatic carbocycles. The predicted molar refractivity (Wildman–Crippen MR) is 95.6 cm³/mol. The van der Waals surface area contributed by atoms with Crippen LogP contribution >= 0.6 is 11.6 Å². The molecule has 0 atom stereocenters. The summed E-state index contributed by atoms with van der Waals surface area (Å²) in [5.74, 6) is 1.74. The minimum absolute atomic E-state index is 0.101. The van der Waals surface area contributed by atoms with Gasteiger partial charge in [0.25, 0.3) is 0 Å². The Kier molecular flexibility index (Phi) is 5.32. The number of alkyl halides is 1. The van der Waals surface area contributed by atoms with E-state index in [0.29, 0.717) is 0 Å². The maximum Gasteiger partial charge on any atom is 0.231 e. The molecule has 1 amide bonds. The van der Waals surface area contributed by atoms with E-state index in [1.54, 1.807) is 0 Å². The van der Waals surface area contributed by atoms with Gasteiger partial charge >= 0.3 is 0 Å². The third-order valence-corrected chi connectivity index (χ3v) is 4.30. The van der Waals surface area contributed by atoms with Crippen molar-refractivity contribution in [1.82, 2.24) is 0 Å². The Morgan fingerprint density at radius 3 is 2.39 bits per heavy atom. The van der Waals surface area contributed by atoms with Gasteiger partial charge in [-0.05, 0) is 69.2 Å². The van der Waals surface area contributed by atoms with Crippen LogP contribution in [0, 0.1) is 19.3 Å². The fourth-order valence-corrected chi connectivity index (χ4v) is 2.03. The normalized spacial score (nSPS) is 11.2. The van der Waals surface area contributed by atoms with Gasteiger partial charge < -0.3 is 10.1 Å². The van der Waals surface area contributed by atoms with E-state index in [0.717, 1.165) is 28.3 Å². The fraction of sp³-hybridized carbons (Fsp3) is 0.316. The van der Waals surface area contributed by atoms with Gasteiger partial charge in [-0.1, -0.05) is 12.1 Å². The molecular weight excluding hydrogens is 310 g/mol. The molecule has 0 radical (unpaired) electrons. The van der Waals surface area contributed by atoms with Gasteiger partial charge in [0.15, 0.2) is 0 Å². The number of amides is 1. The van der Waals surface area contributed by atoms with Gasteiger partial charge in [-0.2, -0.15) is 0 Å². The third kappa shape index (κ3) is 4.49. The van der Waals surface area contributed by atoms with Gasteiger partial charge in [-0.3, -0.25) is 4.79 Å². The molecular formula is C19H22ClNO2. The second kappa shape index (κ2) is 7.05. The number of hydrogen-bond donors (Lipinski definition) is 1. The van der Waals surface area contributed by atoms with Crippen molar-refractivity contribution >= 4 is 23.2 Å². The molecule has 0 bridgehead atoms. The molecule has 0 saturated heterocycles. The average molecular weight is 332 g/mol. The summed E-state index contributed by atoms with van der Waals surface area (Å²) >= 11 is 5.82. The van der Waals surface area contributed by atoms with Crippen LogP contribution in [0.3, 0.4) is 0 Å². The maximum absolute atomic E-state index is 12.1. The molecule has 0 heterocycles. The number of carbonyl (C=O) groups is 1. The summed E-state index contributed by atoms with van der Waals surface area (Å²) in [6, 6.07) is 13.4. The zero-order valence-electron chi connectivity index (χ0n) is 13.9. The Morgan fingerprint density at radius 2 is 1.78 bits per heavy atom. The molecule has 4 heteroatoms. The number of halogens is 1. The topological polar surface area (TPSA) is 38.3 Å². The molecule has 0 fully saturated rings. The van der Waals surface area contributed by atoms with Crippen LogP contribution in [0.4, 0.5) is 5.69 Å². The minimum atomic E-state index is -0.602. The van der Waals surface area contributed by atoms with Crippen LogP contribution in [0.25, 0.3) is 0 Å². The number of ether oxygens (including phenoxy) is 1. The largest absolute Gasteiger partial charge is 0.457 e. The van der Waals surface area contributed by atoms with Crippen molar-refractivity contribution in [2.24, 2.45) is 5.41 Å². The van der Waals surface area contributed by atoms with Crippen molar-refractivity contribution in [1.29, 1.82) is 0 Å². The summed E-state index contributed by atoms with van der Waals surface area (Å²) < 4.78 is 5.90. The van der Waals surface area contributed by atoms with E-state index < -0.39 is 5.41 Å². The molecule has 0 aliphatic rings. The molecule has 0 unspecified atom stereocenters. The van der Waals surface area contributed by atoms with Crippen molar-refractivity contribution in [3.05, 3.63) is 53.6 Å². The van der Waals surface area contributed by atoms with Crippen LogP contribution < -0.4 is 10.1 Å². The van der Waals surface area contributed by atoms with E-state index in [9.17, 15) is 4.79 Å². The highest BCUT2D eigenvalue weighted by atomic mass is 35.5. The zero-order valence-corrected chi connectivity index (χ0v) is 14.7. The Balaban J connectivity index is 2.08. The van der Waals surface area contributed by atoms with E-state index in [4.69, 9.17) is 16.3 Å². The van der Waals surface area contributed by atoms with Gasteiger partial charge in [-0.25, -0.2) is 0 Å². The first-order chi connectivity index (χ1) is 10.8. The van der Waals surface area contributed by atoms with Gasteiger partial charge in [0.2, 0.25) is 5.91 Å². The SMILES string of the molecule is Cc1ccc(C)c(Oc2ccc(NC(=O)C(C)(C)CCl)cc2)c1. The molecule has 122 valence electrons. The highest BCUT2D eigenvalue weighted by Crippen LogP contribution is 2.27. The van der Waals surface area contributed by atoms with E-state index in [-0.39, 0.29) is 11.8 Å². The number of rotatable bonds is 5. The van der Waals surface area contributed by atoms with Crippen LogP contribution in [0.2, 0.25) is 0 Å². The molecule has 0 aromatic heterocycles. The van der Waals surface area contributed by atoms with E-state index in [1.807, 2.05) is 64.1 Å². The Hall–Kier alpha value is -2.00. The monoisotopic (exact) mass is 331 g/mol. The fourth-order valence-electron chi connectivity index (χ4n) is 1.91. The number of benzene rings is 2. The van der Waals surface area contributed by atoms with Crippen LogP contribution in [-0.2, 0) is 4.79 Å². The first-order valence-corrected chi connectivity index (χ1v) is 8.08. The van der Waals surface area contributed by atoms with Gasteiger partial charge in [0.1, 0.15) is 11.5 Å². The molecule has 0 spiro atoms. The standard InChI is InChI=1S/C19H22ClNO2/c1-13-5-6-14(2)17(11-13)23-16-9-7-15(8-10-16)21-18(22)19(3,4)12-20/h5-11H,12H2,1-4H3,(H,21,22). The van der Waals surface area contributed by atoms with Crippen LogP contribution in [0.1, 0.15) is 25.0 Å². The first-order valence-electron chi connectivity index (χ1n) is 7.54. The second-order valence-electron chi connectivity index (χ2n) is 6.37. The minimum Gasteiger partial charge on any atom is -0.457 e. The molecule has 23 heavy (non-hydrogen) atoms. The Bertz CT molecular complexity index is 693. The molecule has 3 nitrogen and oxygen atoms in total. The molecule has 0 aliphatic heterocycles. The van der Waals surface area contributed by atoms with E-state index >= 15 is 0 Å².